The second-order valence-electron chi connectivity index (χ2n) is 4.70. The fraction of sp³-hybridized carbons (Fsp3) is 0.417. The molecule has 1 aliphatic heterocycles. The van der Waals surface area contributed by atoms with Gasteiger partial charge in [-0.25, -0.2) is 0 Å². The molecule has 5 heteroatoms. The summed E-state index contributed by atoms with van der Waals surface area (Å²) < 4.78 is 0. The third-order valence-corrected chi connectivity index (χ3v) is 3.30. The van der Waals surface area contributed by atoms with Crippen LogP contribution < -0.4 is 10.6 Å². The zero-order valence-electron chi connectivity index (χ0n) is 9.87. The highest BCUT2D eigenvalue weighted by Gasteiger charge is 2.38. The first-order chi connectivity index (χ1) is 7.47. The number of hydrogen-bond acceptors (Lipinski definition) is 2. The number of anilines is 1. The maximum atomic E-state index is 11.7. The highest BCUT2D eigenvalue weighted by atomic mass is 35.5. The van der Waals surface area contributed by atoms with Gasteiger partial charge in [-0.15, -0.1) is 12.4 Å². The Morgan fingerprint density at radius 3 is 2.76 bits per heavy atom. The molecule has 0 bridgehead atoms. The molecule has 0 aliphatic carbocycles. The number of fused-ring (bicyclic) bond motifs is 1. The van der Waals surface area contributed by atoms with Crippen molar-refractivity contribution < 1.29 is 4.79 Å². The monoisotopic (exact) mass is 274 g/mol. The molecule has 1 amide bonds. The van der Waals surface area contributed by atoms with E-state index in [0.717, 1.165) is 16.3 Å². The van der Waals surface area contributed by atoms with Crippen LogP contribution in [-0.4, -0.2) is 19.0 Å². The Hall–Kier alpha value is -0.770. The number of rotatable bonds is 1. The van der Waals surface area contributed by atoms with Crippen LogP contribution in [0.1, 0.15) is 19.4 Å². The van der Waals surface area contributed by atoms with Crippen LogP contribution in [0, 0.1) is 0 Å². The van der Waals surface area contributed by atoms with E-state index in [1.807, 2.05) is 18.2 Å². The Morgan fingerprint density at radius 1 is 1.53 bits per heavy atom. The second kappa shape index (κ2) is 4.84. The van der Waals surface area contributed by atoms with E-state index in [-0.39, 0.29) is 30.3 Å². The normalized spacial score (nSPS) is 16.4. The topological polar surface area (TPSA) is 46.3 Å². The molecule has 0 aromatic heterocycles. The number of carbonyl (C=O) groups is 1. The first-order valence-electron chi connectivity index (χ1n) is 5.27. The smallest absolute Gasteiger partial charge is 0.240 e. The highest BCUT2D eigenvalue weighted by Crippen LogP contribution is 2.44. The van der Waals surface area contributed by atoms with E-state index in [2.05, 4.69) is 13.8 Å². The Labute approximate surface area is 112 Å². The molecular weight excluding hydrogens is 259 g/mol. The zero-order valence-corrected chi connectivity index (χ0v) is 11.4. The minimum atomic E-state index is -0.113. The average molecular weight is 275 g/mol. The summed E-state index contributed by atoms with van der Waals surface area (Å²) >= 11 is 6.20. The molecule has 2 rings (SSSR count). The average Bonchev–Trinajstić information content (AvgIpc) is 2.51. The van der Waals surface area contributed by atoms with Crippen molar-refractivity contribution in [1.82, 2.24) is 0 Å². The first kappa shape index (κ1) is 14.3. The molecule has 94 valence electrons. The van der Waals surface area contributed by atoms with Gasteiger partial charge in [-0.05, 0) is 12.1 Å². The lowest BCUT2D eigenvalue weighted by Crippen LogP contribution is -2.37. The maximum Gasteiger partial charge on any atom is 0.240 e. The largest absolute Gasteiger partial charge is 0.322 e. The molecule has 0 radical (unpaired) electrons. The predicted molar refractivity (Wildman–Crippen MR) is 73.1 cm³/mol. The van der Waals surface area contributed by atoms with Crippen molar-refractivity contribution in [2.75, 3.05) is 18.0 Å². The molecule has 0 atom stereocenters. The van der Waals surface area contributed by atoms with Gasteiger partial charge in [0.05, 0.1) is 6.54 Å². The Bertz CT molecular complexity index is 446. The van der Waals surface area contributed by atoms with Gasteiger partial charge in [-0.1, -0.05) is 31.5 Å². The van der Waals surface area contributed by atoms with E-state index in [4.69, 9.17) is 17.3 Å². The summed E-state index contributed by atoms with van der Waals surface area (Å²) in [5, 5.41) is 0.717. The Morgan fingerprint density at radius 2 is 2.18 bits per heavy atom. The van der Waals surface area contributed by atoms with Gasteiger partial charge >= 0.3 is 0 Å². The summed E-state index contributed by atoms with van der Waals surface area (Å²) in [6.45, 7) is 4.84. The van der Waals surface area contributed by atoms with E-state index in [1.165, 1.54) is 0 Å². The second-order valence-corrected chi connectivity index (χ2v) is 5.11. The van der Waals surface area contributed by atoms with Gasteiger partial charge in [0.1, 0.15) is 0 Å². The minimum Gasteiger partial charge on any atom is -0.322 e. The van der Waals surface area contributed by atoms with Crippen LogP contribution in [0.2, 0.25) is 5.02 Å². The molecule has 0 saturated heterocycles. The number of hydrogen-bond donors (Lipinski definition) is 1. The zero-order chi connectivity index (χ0) is 11.9. The Kier molecular flexibility index (Phi) is 4.07. The van der Waals surface area contributed by atoms with Gasteiger partial charge in [-0.2, -0.15) is 0 Å². The van der Waals surface area contributed by atoms with Gasteiger partial charge in [0.25, 0.3) is 0 Å². The molecule has 0 fully saturated rings. The summed E-state index contributed by atoms with van der Waals surface area (Å²) in [7, 11) is 0. The predicted octanol–water partition coefficient (Wildman–Crippen LogP) is 2.34. The lowest BCUT2D eigenvalue weighted by Gasteiger charge is -2.20. The van der Waals surface area contributed by atoms with Crippen molar-refractivity contribution in [3.05, 3.63) is 28.8 Å². The van der Waals surface area contributed by atoms with Gasteiger partial charge < -0.3 is 10.6 Å². The minimum absolute atomic E-state index is 0. The molecule has 17 heavy (non-hydrogen) atoms. The lowest BCUT2D eigenvalue weighted by atomic mass is 9.87. The van der Waals surface area contributed by atoms with E-state index in [9.17, 15) is 4.79 Å². The fourth-order valence-corrected chi connectivity index (χ4v) is 2.73. The molecular formula is C12H16Cl2N2O. The number of halogens is 2. The molecule has 2 N–H and O–H groups in total. The summed E-state index contributed by atoms with van der Waals surface area (Å²) in [6, 6.07) is 5.64. The van der Waals surface area contributed by atoms with Crippen LogP contribution in [0.3, 0.4) is 0 Å². The molecule has 1 aliphatic rings. The molecule has 1 aromatic carbocycles. The number of nitrogens with two attached hydrogens (primary N) is 1. The van der Waals surface area contributed by atoms with E-state index >= 15 is 0 Å². The number of amides is 1. The molecule has 3 nitrogen and oxygen atoms in total. The third-order valence-electron chi connectivity index (χ3n) is 2.99. The summed E-state index contributed by atoms with van der Waals surface area (Å²) in [5.41, 5.74) is 7.24. The highest BCUT2D eigenvalue weighted by molar-refractivity contribution is 6.32. The van der Waals surface area contributed by atoms with Crippen molar-refractivity contribution in [3.8, 4) is 0 Å². The summed E-state index contributed by atoms with van der Waals surface area (Å²) in [6.07, 6.45) is 0. The number of nitrogens with zero attached hydrogens (tertiary/aromatic N) is 1. The fourth-order valence-electron chi connectivity index (χ4n) is 2.30. The van der Waals surface area contributed by atoms with Gasteiger partial charge in [0.2, 0.25) is 5.91 Å². The van der Waals surface area contributed by atoms with Crippen molar-refractivity contribution >= 4 is 35.6 Å². The van der Waals surface area contributed by atoms with Crippen LogP contribution in [-0.2, 0) is 10.2 Å². The van der Waals surface area contributed by atoms with E-state index < -0.39 is 0 Å². The van der Waals surface area contributed by atoms with Gasteiger partial charge in [0, 0.05) is 28.2 Å². The van der Waals surface area contributed by atoms with Gasteiger partial charge in [0.15, 0.2) is 0 Å². The summed E-state index contributed by atoms with van der Waals surface area (Å²) in [4.78, 5) is 13.5. The van der Waals surface area contributed by atoms with Crippen molar-refractivity contribution in [1.29, 1.82) is 0 Å². The number of carbonyl (C=O) groups excluding carboxylic acids is 1. The van der Waals surface area contributed by atoms with Crippen LogP contribution in [0.25, 0.3) is 0 Å². The number of benzene rings is 1. The molecule has 0 spiro atoms. The molecule has 1 heterocycles. The molecule has 0 unspecified atom stereocenters. The SMILES string of the molecule is CC1(C)CN(C(=O)CN)c2cccc(Cl)c21.Cl. The standard InChI is InChI=1S/C12H15ClN2O.ClH/c1-12(2)7-15(10(16)6-14)9-5-3-4-8(13)11(9)12;/h3-5H,6-7,14H2,1-2H3;1H. The van der Waals surface area contributed by atoms with Crippen LogP contribution >= 0.6 is 24.0 Å². The third kappa shape index (κ3) is 2.28. The van der Waals surface area contributed by atoms with Crippen LogP contribution in [0.4, 0.5) is 5.69 Å². The quantitative estimate of drug-likeness (QED) is 0.855. The van der Waals surface area contributed by atoms with E-state index in [1.54, 1.807) is 4.90 Å². The lowest BCUT2D eigenvalue weighted by molar-refractivity contribution is -0.117. The first-order valence-corrected chi connectivity index (χ1v) is 5.64. The Balaban J connectivity index is 0.00000144. The summed E-state index contributed by atoms with van der Waals surface area (Å²) in [5.74, 6) is -0.0610. The molecule has 1 aromatic rings. The van der Waals surface area contributed by atoms with Crippen molar-refractivity contribution in [2.24, 2.45) is 5.73 Å². The molecule has 0 saturated carbocycles. The van der Waals surface area contributed by atoms with E-state index in [0.29, 0.717) is 6.54 Å². The van der Waals surface area contributed by atoms with Crippen LogP contribution in [0.15, 0.2) is 18.2 Å². The van der Waals surface area contributed by atoms with Crippen LogP contribution in [0.5, 0.6) is 0 Å². The maximum absolute atomic E-state index is 11.7. The van der Waals surface area contributed by atoms with Gasteiger partial charge in [-0.3, -0.25) is 4.79 Å². The van der Waals surface area contributed by atoms with Crippen molar-refractivity contribution in [3.63, 3.8) is 0 Å². The van der Waals surface area contributed by atoms with Crippen molar-refractivity contribution in [2.45, 2.75) is 19.3 Å².